The van der Waals surface area contributed by atoms with Gasteiger partial charge in [-0.15, -0.1) is 0 Å². The molecule has 1 aromatic heterocycles. The quantitative estimate of drug-likeness (QED) is 0.199. The topological polar surface area (TPSA) is 55.8 Å². The molecule has 4 heteroatoms. The van der Waals surface area contributed by atoms with E-state index in [4.69, 9.17) is 0 Å². The maximum absolute atomic E-state index is 10.5. The number of hydrogen-bond donors (Lipinski definition) is 0. The lowest BCUT2D eigenvalue weighted by atomic mass is 9.91. The van der Waals surface area contributed by atoms with E-state index in [0.29, 0.717) is 17.0 Å². The second-order valence-corrected chi connectivity index (χ2v) is 12.3. The smallest absolute Gasteiger partial charge is 0.0998 e. The molecule has 1 aliphatic heterocycles. The van der Waals surface area contributed by atoms with E-state index in [9.17, 15) is 10.5 Å². The first-order valence-corrected chi connectivity index (χ1v) is 16.1. The number of fused-ring (bicyclic) bond motifs is 6. The molecule has 2 heterocycles. The molecular weight excluding hydrogens is 585 g/mol. The van der Waals surface area contributed by atoms with Crippen LogP contribution in [0.15, 0.2) is 158 Å². The van der Waals surface area contributed by atoms with Crippen molar-refractivity contribution in [3.05, 3.63) is 174 Å². The summed E-state index contributed by atoms with van der Waals surface area (Å²) in [6.07, 6.45) is 8.88. The van der Waals surface area contributed by atoms with Gasteiger partial charge in [0.15, 0.2) is 0 Å². The van der Waals surface area contributed by atoms with Crippen molar-refractivity contribution in [2.75, 3.05) is 4.90 Å². The fourth-order valence-corrected chi connectivity index (χ4v) is 7.65. The second kappa shape index (κ2) is 11.0. The third-order valence-electron chi connectivity index (χ3n) is 9.81. The lowest BCUT2D eigenvalue weighted by molar-refractivity contribution is 0.745. The zero-order valence-corrected chi connectivity index (χ0v) is 26.0. The first kappa shape index (κ1) is 27.7. The number of hydrogen-bond acceptors (Lipinski definition) is 3. The molecule has 0 bridgehead atoms. The molecule has 6 aromatic carbocycles. The average molecular weight is 613 g/mol. The first-order valence-electron chi connectivity index (χ1n) is 16.1. The molecule has 0 spiro atoms. The molecule has 0 fully saturated rings. The van der Waals surface area contributed by atoms with Gasteiger partial charge in [-0.25, -0.2) is 0 Å². The van der Waals surface area contributed by atoms with E-state index in [0.717, 1.165) is 55.4 Å². The van der Waals surface area contributed by atoms with E-state index >= 15 is 0 Å². The van der Waals surface area contributed by atoms with Crippen LogP contribution in [0.25, 0.3) is 49.7 Å². The van der Waals surface area contributed by atoms with Crippen LogP contribution in [0, 0.1) is 22.7 Å². The van der Waals surface area contributed by atoms with Crippen LogP contribution in [0.2, 0.25) is 0 Å². The van der Waals surface area contributed by atoms with Crippen molar-refractivity contribution in [2.45, 2.75) is 12.0 Å². The molecule has 2 aliphatic rings. The molecule has 224 valence electrons. The number of aromatic nitrogens is 1. The highest BCUT2D eigenvalue weighted by molar-refractivity contribution is 6.10. The Morgan fingerprint density at radius 2 is 1.27 bits per heavy atom. The minimum Gasteiger partial charge on any atom is -0.333 e. The fraction of sp³-hybridized carbons (Fsp3) is 0.0455. The summed E-state index contributed by atoms with van der Waals surface area (Å²) in [4.78, 5) is 2.43. The molecule has 0 saturated carbocycles. The minimum absolute atomic E-state index is 0.255. The summed E-state index contributed by atoms with van der Waals surface area (Å²) in [6.45, 7) is 0. The van der Waals surface area contributed by atoms with E-state index in [1.807, 2.05) is 48.5 Å². The van der Waals surface area contributed by atoms with Crippen LogP contribution in [0.3, 0.4) is 0 Å². The highest BCUT2D eigenvalue weighted by Crippen LogP contribution is 2.47. The normalized spacial score (nSPS) is 16.1. The van der Waals surface area contributed by atoms with Crippen molar-refractivity contribution in [1.29, 1.82) is 10.5 Å². The second-order valence-electron chi connectivity index (χ2n) is 12.3. The van der Waals surface area contributed by atoms with Gasteiger partial charge >= 0.3 is 0 Å². The van der Waals surface area contributed by atoms with E-state index in [1.165, 1.54) is 11.3 Å². The molecule has 2 atom stereocenters. The Kier molecular flexibility index (Phi) is 6.35. The van der Waals surface area contributed by atoms with Gasteiger partial charge in [-0.05, 0) is 71.3 Å². The van der Waals surface area contributed by atoms with Gasteiger partial charge in [0, 0.05) is 39.2 Å². The average Bonchev–Trinajstić information content (AvgIpc) is 3.67. The first-order chi connectivity index (χ1) is 23.7. The molecule has 0 amide bonds. The number of benzene rings is 6. The van der Waals surface area contributed by atoms with Crippen LogP contribution >= 0.6 is 0 Å². The van der Waals surface area contributed by atoms with Gasteiger partial charge in [-0.2, -0.15) is 10.5 Å². The summed E-state index contributed by atoms with van der Waals surface area (Å²) >= 11 is 0. The number of nitrogens with zero attached hydrogens (tertiary/aromatic N) is 4. The van der Waals surface area contributed by atoms with Crippen LogP contribution in [0.1, 0.15) is 22.6 Å². The van der Waals surface area contributed by atoms with Crippen molar-refractivity contribution >= 4 is 33.2 Å². The van der Waals surface area contributed by atoms with E-state index in [-0.39, 0.29) is 6.04 Å². The summed E-state index contributed by atoms with van der Waals surface area (Å²) in [5.74, 6) is 0.344. The van der Waals surface area contributed by atoms with Crippen molar-refractivity contribution in [2.24, 2.45) is 0 Å². The summed E-state index contributed by atoms with van der Waals surface area (Å²) in [6, 6.07) is 51.0. The standard InChI is InChI=1S/C44H28N4/c45-27-29-17-24-44-39(25-29)38-12-4-8-16-43(38)48(44)42-15-7-1-9-35(42)34-23-20-31(26-32(34)28-46)30-18-21-33(22-19-30)47-40-13-5-2-10-36(40)37-11-3-6-14-41(37)47/h1-26,36,40H. The molecule has 1 aliphatic carbocycles. The van der Waals surface area contributed by atoms with Gasteiger partial charge in [0.25, 0.3) is 0 Å². The van der Waals surface area contributed by atoms with Gasteiger partial charge in [0.05, 0.1) is 46.0 Å². The molecule has 0 N–H and O–H groups in total. The van der Waals surface area contributed by atoms with Gasteiger partial charge in [0.2, 0.25) is 0 Å². The maximum Gasteiger partial charge on any atom is 0.0998 e. The molecular formula is C44H28N4. The van der Waals surface area contributed by atoms with Gasteiger partial charge in [0.1, 0.15) is 0 Å². The van der Waals surface area contributed by atoms with Gasteiger partial charge in [-0.1, -0.05) is 103 Å². The lowest BCUT2D eigenvalue weighted by Gasteiger charge is -2.28. The zero-order chi connectivity index (χ0) is 32.2. The van der Waals surface area contributed by atoms with E-state index < -0.39 is 0 Å². The Balaban J connectivity index is 1.11. The largest absolute Gasteiger partial charge is 0.333 e. The van der Waals surface area contributed by atoms with Gasteiger partial charge < -0.3 is 9.47 Å². The molecule has 9 rings (SSSR count). The maximum atomic E-state index is 10.5. The number of nitriles is 2. The summed E-state index contributed by atoms with van der Waals surface area (Å²) in [5.41, 5.74) is 12.0. The lowest BCUT2D eigenvalue weighted by Crippen LogP contribution is -2.28. The van der Waals surface area contributed by atoms with E-state index in [1.54, 1.807) is 0 Å². The van der Waals surface area contributed by atoms with Gasteiger partial charge in [-0.3, -0.25) is 0 Å². The van der Waals surface area contributed by atoms with Crippen LogP contribution < -0.4 is 4.90 Å². The Bertz CT molecular complexity index is 2550. The van der Waals surface area contributed by atoms with Crippen LogP contribution in [-0.2, 0) is 0 Å². The summed E-state index contributed by atoms with van der Waals surface area (Å²) in [5, 5.41) is 22.2. The zero-order valence-electron chi connectivity index (χ0n) is 26.0. The monoisotopic (exact) mass is 612 g/mol. The molecule has 7 aromatic rings. The predicted molar refractivity (Wildman–Crippen MR) is 194 cm³/mol. The molecule has 4 nitrogen and oxygen atoms in total. The SMILES string of the molecule is N#Cc1ccc2c(c1)c1ccccc1n2-c1ccccc1-c1ccc(-c2ccc(N3c4ccccc4C4C=CC=CC43)cc2)cc1C#N. The third-order valence-corrected chi connectivity index (χ3v) is 9.81. The number of anilines is 2. The molecule has 48 heavy (non-hydrogen) atoms. The fourth-order valence-electron chi connectivity index (χ4n) is 7.65. The van der Waals surface area contributed by atoms with Crippen molar-refractivity contribution < 1.29 is 0 Å². The third kappa shape index (κ3) is 4.21. The Hall–Kier alpha value is -6.62. The van der Waals surface area contributed by atoms with E-state index in [2.05, 4.69) is 131 Å². The number of rotatable bonds is 4. The highest BCUT2D eigenvalue weighted by Gasteiger charge is 2.36. The molecule has 2 unspecified atom stereocenters. The Labute approximate surface area is 279 Å². The Morgan fingerprint density at radius 3 is 2.12 bits per heavy atom. The summed E-state index contributed by atoms with van der Waals surface area (Å²) < 4.78 is 2.24. The van der Waals surface area contributed by atoms with Crippen LogP contribution in [-0.4, -0.2) is 10.6 Å². The van der Waals surface area contributed by atoms with Crippen molar-refractivity contribution in [3.8, 4) is 40.1 Å². The number of allylic oxidation sites excluding steroid dienone is 2. The number of para-hydroxylation sites is 3. The van der Waals surface area contributed by atoms with Crippen LogP contribution in [0.5, 0.6) is 0 Å². The van der Waals surface area contributed by atoms with Crippen molar-refractivity contribution in [3.63, 3.8) is 0 Å². The summed E-state index contributed by atoms with van der Waals surface area (Å²) in [7, 11) is 0. The van der Waals surface area contributed by atoms with Crippen molar-refractivity contribution in [1.82, 2.24) is 4.57 Å². The van der Waals surface area contributed by atoms with Crippen LogP contribution in [0.4, 0.5) is 11.4 Å². The molecule has 0 saturated heterocycles. The highest BCUT2D eigenvalue weighted by atomic mass is 15.2. The Morgan fingerprint density at radius 1 is 0.542 bits per heavy atom. The molecule has 0 radical (unpaired) electrons. The minimum atomic E-state index is 0.255. The predicted octanol–water partition coefficient (Wildman–Crippen LogP) is 10.6.